The minimum atomic E-state index is -4.41. The van der Waals surface area contributed by atoms with E-state index in [1.165, 1.54) is 30.4 Å². The largest absolute Gasteiger partial charge is 0.497 e. The van der Waals surface area contributed by atoms with Crippen molar-refractivity contribution in [1.29, 1.82) is 0 Å². The van der Waals surface area contributed by atoms with E-state index in [4.69, 9.17) is 19.2 Å². The minimum Gasteiger partial charge on any atom is -0.497 e. The summed E-state index contributed by atoms with van der Waals surface area (Å²) >= 11 is 3.11. The fourth-order valence-electron chi connectivity index (χ4n) is 5.18. The zero-order chi connectivity index (χ0) is 33.7. The Morgan fingerprint density at radius 2 is 1.72 bits per heavy atom. The van der Waals surface area contributed by atoms with Gasteiger partial charge in [0.15, 0.2) is 6.10 Å². The third kappa shape index (κ3) is 8.51. The van der Waals surface area contributed by atoms with Gasteiger partial charge in [0.1, 0.15) is 22.3 Å². The lowest BCUT2D eigenvalue weighted by Crippen LogP contribution is -2.46. The van der Waals surface area contributed by atoms with Gasteiger partial charge >= 0.3 is 12.1 Å². The molecule has 1 aliphatic rings. The molecule has 5 rings (SSSR count). The van der Waals surface area contributed by atoms with E-state index in [1.54, 1.807) is 32.0 Å². The van der Waals surface area contributed by atoms with Crippen LogP contribution >= 0.6 is 23.1 Å². The summed E-state index contributed by atoms with van der Waals surface area (Å²) in [7, 11) is 3.27. The molecule has 250 valence electrons. The Morgan fingerprint density at radius 3 is 2.34 bits per heavy atom. The number of rotatable bonds is 12. The van der Waals surface area contributed by atoms with Gasteiger partial charge in [-0.1, -0.05) is 12.1 Å². The van der Waals surface area contributed by atoms with E-state index in [9.17, 15) is 23.1 Å². The number of thioether (sulfide) groups is 1. The molecule has 0 radical (unpaired) electrons. The quantitative estimate of drug-likeness (QED) is 0.151. The number of halogens is 3. The molecule has 4 aromatic rings. The van der Waals surface area contributed by atoms with E-state index in [-0.39, 0.29) is 0 Å². The average Bonchev–Trinajstić information content (AvgIpc) is 3.46. The van der Waals surface area contributed by atoms with Crippen LogP contribution in [0.2, 0.25) is 0 Å². The van der Waals surface area contributed by atoms with Gasteiger partial charge in [0.2, 0.25) is 0 Å². The van der Waals surface area contributed by atoms with Crippen molar-refractivity contribution in [2.75, 3.05) is 45.3 Å². The molecule has 1 atom stereocenters. The number of hydrogen-bond acceptors (Lipinski definition) is 9. The molecule has 0 aliphatic carbocycles. The fourth-order valence-corrected chi connectivity index (χ4v) is 7.36. The molecule has 1 aliphatic heterocycles. The summed E-state index contributed by atoms with van der Waals surface area (Å²) in [5.74, 6) is 1.57. The minimum absolute atomic E-state index is 0.513. The van der Waals surface area contributed by atoms with Gasteiger partial charge in [-0.15, -0.1) is 23.1 Å². The number of aliphatic carboxylic acids is 1. The number of hydrogen-bond donors (Lipinski definition) is 1. The highest BCUT2D eigenvalue weighted by molar-refractivity contribution is 7.98. The standard InChI is InChI=1S/C34H36F3N3O5S2/c1-21-17-26(10-12-29(21)45-22(2)33(41)42)46-20-31-27(38-32(47-31)23-5-7-24(8-6-23)34(35,36)37)19-39-13-15-40(16-14-39)28-11-9-25(43-3)18-30(28)44-4/h5-12,17-18,22H,13-16,19-20H2,1-4H3,(H,41,42). The lowest BCUT2D eigenvalue weighted by atomic mass is 10.1. The van der Waals surface area contributed by atoms with Crippen molar-refractivity contribution in [2.24, 2.45) is 0 Å². The highest BCUT2D eigenvalue weighted by Crippen LogP contribution is 2.37. The number of anilines is 1. The number of ether oxygens (including phenoxy) is 3. The summed E-state index contributed by atoms with van der Waals surface area (Å²) < 4.78 is 56.1. The summed E-state index contributed by atoms with van der Waals surface area (Å²) in [5, 5.41) is 9.86. The van der Waals surface area contributed by atoms with Crippen LogP contribution in [0.4, 0.5) is 18.9 Å². The van der Waals surface area contributed by atoms with Crippen molar-refractivity contribution in [3.8, 4) is 27.8 Å². The van der Waals surface area contributed by atoms with Crippen LogP contribution < -0.4 is 19.1 Å². The maximum absolute atomic E-state index is 13.2. The lowest BCUT2D eigenvalue weighted by molar-refractivity contribution is -0.144. The molecule has 1 saturated heterocycles. The first-order valence-electron chi connectivity index (χ1n) is 14.9. The number of thiazole rings is 1. The van der Waals surface area contributed by atoms with Crippen LogP contribution in [0.3, 0.4) is 0 Å². The van der Waals surface area contributed by atoms with Crippen LogP contribution in [0.1, 0.15) is 28.6 Å². The number of aromatic nitrogens is 1. The number of nitrogens with zero attached hydrogens (tertiary/aromatic N) is 3. The Labute approximate surface area is 280 Å². The molecule has 1 aromatic heterocycles. The summed E-state index contributed by atoms with van der Waals surface area (Å²) in [6.45, 7) is 7.14. The molecule has 0 saturated carbocycles. The Bertz CT molecular complexity index is 1690. The van der Waals surface area contributed by atoms with Crippen molar-refractivity contribution in [3.63, 3.8) is 0 Å². The van der Waals surface area contributed by atoms with Gasteiger partial charge in [0.05, 0.1) is 31.2 Å². The maximum atomic E-state index is 13.2. The van der Waals surface area contributed by atoms with Crippen molar-refractivity contribution in [2.45, 2.75) is 43.3 Å². The topological polar surface area (TPSA) is 84.4 Å². The van der Waals surface area contributed by atoms with E-state index in [2.05, 4.69) is 9.80 Å². The molecule has 0 spiro atoms. The van der Waals surface area contributed by atoms with E-state index in [0.29, 0.717) is 28.6 Å². The second kappa shape index (κ2) is 14.9. The van der Waals surface area contributed by atoms with E-state index >= 15 is 0 Å². The second-order valence-electron chi connectivity index (χ2n) is 11.1. The van der Waals surface area contributed by atoms with Crippen molar-refractivity contribution in [1.82, 2.24) is 9.88 Å². The molecular weight excluding hydrogens is 652 g/mol. The molecular formula is C34H36F3N3O5S2. The normalized spacial score (nSPS) is 14.6. The van der Waals surface area contributed by atoms with Crippen LogP contribution in [0, 0.1) is 6.92 Å². The van der Waals surface area contributed by atoms with Gasteiger partial charge < -0.3 is 24.2 Å². The molecule has 3 aromatic carbocycles. The number of carbonyl (C=O) groups is 1. The lowest BCUT2D eigenvalue weighted by Gasteiger charge is -2.36. The van der Waals surface area contributed by atoms with E-state index in [0.717, 1.165) is 76.5 Å². The zero-order valence-electron chi connectivity index (χ0n) is 26.5. The molecule has 1 unspecified atom stereocenters. The Balaban J connectivity index is 1.32. The molecule has 1 fully saturated rings. The van der Waals surface area contributed by atoms with Crippen LogP contribution in [0.5, 0.6) is 17.2 Å². The van der Waals surface area contributed by atoms with Crippen LogP contribution in [-0.2, 0) is 23.3 Å². The number of carboxylic acid groups (broad SMARTS) is 1. The van der Waals surface area contributed by atoms with E-state index in [1.807, 2.05) is 37.3 Å². The van der Waals surface area contributed by atoms with Crippen LogP contribution in [-0.4, -0.2) is 67.5 Å². The summed E-state index contributed by atoms with van der Waals surface area (Å²) in [5.41, 5.74) is 2.68. The van der Waals surface area contributed by atoms with Crippen LogP contribution in [0.25, 0.3) is 10.6 Å². The molecule has 8 nitrogen and oxygen atoms in total. The van der Waals surface area contributed by atoms with Crippen molar-refractivity contribution >= 4 is 34.8 Å². The number of methoxy groups -OCH3 is 2. The first-order chi connectivity index (χ1) is 22.4. The first-order valence-corrected chi connectivity index (χ1v) is 16.7. The smallest absolute Gasteiger partial charge is 0.416 e. The van der Waals surface area contributed by atoms with Crippen molar-refractivity contribution < 1.29 is 37.3 Å². The second-order valence-corrected chi connectivity index (χ2v) is 13.2. The van der Waals surface area contributed by atoms with Gasteiger partial charge in [0.25, 0.3) is 0 Å². The van der Waals surface area contributed by atoms with Crippen molar-refractivity contribution in [3.05, 3.63) is 82.4 Å². The highest BCUT2D eigenvalue weighted by Gasteiger charge is 2.30. The molecule has 1 N–H and O–H groups in total. The molecule has 2 heterocycles. The van der Waals surface area contributed by atoms with Gasteiger partial charge in [-0.05, 0) is 61.9 Å². The SMILES string of the molecule is COc1ccc(N2CCN(Cc3nc(-c4ccc(C(F)(F)F)cc4)sc3CSc3ccc(OC(C)C(=O)O)c(C)c3)CC2)c(OC)c1. The number of alkyl halides is 3. The fraction of sp³-hybridized carbons (Fsp3) is 0.353. The summed E-state index contributed by atoms with van der Waals surface area (Å²) in [6, 6.07) is 16.6. The predicted molar refractivity (Wildman–Crippen MR) is 178 cm³/mol. The highest BCUT2D eigenvalue weighted by atomic mass is 32.2. The predicted octanol–water partition coefficient (Wildman–Crippen LogP) is 7.62. The van der Waals surface area contributed by atoms with Gasteiger partial charge in [0, 0.05) is 59.9 Å². The zero-order valence-corrected chi connectivity index (χ0v) is 28.1. The number of piperazine rings is 1. The molecule has 0 amide bonds. The summed E-state index contributed by atoms with van der Waals surface area (Å²) in [4.78, 5) is 22.8. The Kier molecular flexibility index (Phi) is 10.9. The molecule has 13 heteroatoms. The Morgan fingerprint density at radius 1 is 1.00 bits per heavy atom. The van der Waals surface area contributed by atoms with E-state index < -0.39 is 23.8 Å². The number of carboxylic acids is 1. The monoisotopic (exact) mass is 687 g/mol. The number of aryl methyl sites for hydroxylation is 1. The molecule has 47 heavy (non-hydrogen) atoms. The first kappa shape index (κ1) is 34.4. The number of benzene rings is 3. The third-order valence-electron chi connectivity index (χ3n) is 7.88. The van der Waals surface area contributed by atoms with Gasteiger partial charge in [-0.3, -0.25) is 4.90 Å². The average molecular weight is 688 g/mol. The third-order valence-corrected chi connectivity index (χ3v) is 10.2. The maximum Gasteiger partial charge on any atom is 0.416 e. The van der Waals surface area contributed by atoms with Gasteiger partial charge in [-0.25, -0.2) is 9.78 Å². The van der Waals surface area contributed by atoms with Gasteiger partial charge in [-0.2, -0.15) is 13.2 Å². The molecule has 0 bridgehead atoms. The van der Waals surface area contributed by atoms with Crippen LogP contribution in [0.15, 0.2) is 65.6 Å². The Hall–Kier alpha value is -3.94. The summed E-state index contributed by atoms with van der Waals surface area (Å²) in [6.07, 6.45) is -5.37.